The van der Waals surface area contributed by atoms with E-state index in [4.69, 9.17) is 4.74 Å². The number of hydrogen-bond acceptors (Lipinski definition) is 4. The van der Waals surface area contributed by atoms with E-state index in [1.807, 2.05) is 35.6 Å². The average Bonchev–Trinajstić information content (AvgIpc) is 3.33. The van der Waals surface area contributed by atoms with Crippen LogP contribution in [-0.4, -0.2) is 26.1 Å². The van der Waals surface area contributed by atoms with E-state index in [0.29, 0.717) is 12.3 Å². The van der Waals surface area contributed by atoms with Crippen molar-refractivity contribution in [2.24, 2.45) is 0 Å². The fraction of sp³-hybridized carbons (Fsp3) is 0.250. The van der Waals surface area contributed by atoms with Gasteiger partial charge in [0.25, 0.3) is 5.91 Å². The van der Waals surface area contributed by atoms with Crippen LogP contribution in [0.4, 0.5) is 5.69 Å². The van der Waals surface area contributed by atoms with Gasteiger partial charge in [-0.15, -0.1) is 22.7 Å². The summed E-state index contributed by atoms with van der Waals surface area (Å²) in [4.78, 5) is 16.8. The number of hydrogen-bond donors (Lipinski definition) is 2. The second kappa shape index (κ2) is 7.61. The minimum Gasteiger partial charge on any atom is -0.495 e. The molecule has 1 aromatic carbocycles. The van der Waals surface area contributed by atoms with Gasteiger partial charge in [0.1, 0.15) is 11.8 Å². The van der Waals surface area contributed by atoms with Crippen LogP contribution >= 0.6 is 22.7 Å². The van der Waals surface area contributed by atoms with Crippen LogP contribution in [0.3, 0.4) is 0 Å². The molecule has 4 rings (SSSR count). The first-order valence-electron chi connectivity index (χ1n) is 8.63. The van der Waals surface area contributed by atoms with Gasteiger partial charge >= 0.3 is 0 Å². The molecule has 1 unspecified atom stereocenters. The minimum absolute atomic E-state index is 0.0183. The third-order valence-corrected chi connectivity index (χ3v) is 6.70. The maximum atomic E-state index is 12.7. The van der Waals surface area contributed by atoms with Gasteiger partial charge < -0.3 is 15.0 Å². The lowest BCUT2D eigenvalue weighted by molar-refractivity contribution is -0.919. The number of rotatable bonds is 5. The van der Waals surface area contributed by atoms with Crippen molar-refractivity contribution in [1.82, 2.24) is 0 Å². The Morgan fingerprint density at radius 2 is 2.08 bits per heavy atom. The Hall–Kier alpha value is -2.15. The van der Waals surface area contributed by atoms with E-state index in [9.17, 15) is 4.79 Å². The highest BCUT2D eigenvalue weighted by Crippen LogP contribution is 2.31. The van der Waals surface area contributed by atoms with Gasteiger partial charge in [-0.3, -0.25) is 4.79 Å². The third-order valence-electron chi connectivity index (χ3n) is 4.77. The predicted octanol–water partition coefficient (Wildman–Crippen LogP) is 2.99. The predicted molar refractivity (Wildman–Crippen MR) is 107 cm³/mol. The summed E-state index contributed by atoms with van der Waals surface area (Å²) in [6, 6.07) is 14.3. The average molecular weight is 386 g/mol. The van der Waals surface area contributed by atoms with E-state index in [-0.39, 0.29) is 11.9 Å². The number of carbonyl (C=O) groups excluding carboxylic acids is 1. The van der Waals surface area contributed by atoms with Crippen LogP contribution in [0.5, 0.6) is 5.75 Å². The zero-order valence-electron chi connectivity index (χ0n) is 14.5. The Morgan fingerprint density at radius 3 is 2.88 bits per heavy atom. The summed E-state index contributed by atoms with van der Waals surface area (Å²) in [5, 5.41) is 7.30. The van der Waals surface area contributed by atoms with Crippen LogP contribution in [0.1, 0.15) is 21.4 Å². The van der Waals surface area contributed by atoms with Crippen molar-refractivity contribution in [2.45, 2.75) is 12.5 Å². The Balaban J connectivity index is 1.54. The molecule has 0 aliphatic carbocycles. The highest BCUT2D eigenvalue weighted by Gasteiger charge is 2.35. The molecule has 0 fully saturated rings. The molecule has 2 N–H and O–H groups in total. The molecular formula is C20H21N2O2S2+. The number of carbonyl (C=O) groups is 1. The summed E-state index contributed by atoms with van der Waals surface area (Å²) in [7, 11) is 1.62. The van der Waals surface area contributed by atoms with Crippen LogP contribution in [-0.2, 0) is 11.2 Å². The van der Waals surface area contributed by atoms with Gasteiger partial charge in [-0.05, 0) is 35.0 Å². The number of fused-ring (bicyclic) bond motifs is 1. The molecule has 0 saturated heterocycles. The number of nitrogens with one attached hydrogen (secondary N) is 2. The monoisotopic (exact) mass is 385 g/mol. The van der Waals surface area contributed by atoms with E-state index < -0.39 is 0 Å². The van der Waals surface area contributed by atoms with Crippen LogP contribution in [0, 0.1) is 0 Å². The molecule has 4 nitrogen and oxygen atoms in total. The second-order valence-electron chi connectivity index (χ2n) is 6.33. The normalized spacial score (nSPS) is 19.0. The van der Waals surface area contributed by atoms with Gasteiger partial charge in [0, 0.05) is 16.9 Å². The lowest BCUT2D eigenvalue weighted by atomic mass is 9.98. The van der Waals surface area contributed by atoms with Gasteiger partial charge in [0.05, 0.1) is 24.2 Å². The lowest BCUT2D eigenvalue weighted by Gasteiger charge is -2.31. The summed E-state index contributed by atoms with van der Waals surface area (Å²) in [5.74, 6) is 0.703. The number of thiophene rings is 2. The number of benzene rings is 1. The van der Waals surface area contributed by atoms with E-state index >= 15 is 0 Å². The first kappa shape index (κ1) is 17.3. The van der Waals surface area contributed by atoms with Gasteiger partial charge in [-0.25, -0.2) is 0 Å². The first-order valence-corrected chi connectivity index (χ1v) is 10.4. The molecule has 0 bridgehead atoms. The van der Waals surface area contributed by atoms with Crippen molar-refractivity contribution in [3.63, 3.8) is 0 Å². The van der Waals surface area contributed by atoms with Crippen molar-refractivity contribution in [1.29, 1.82) is 0 Å². The maximum absolute atomic E-state index is 12.7. The molecule has 2 aromatic heterocycles. The molecule has 1 aliphatic rings. The van der Waals surface area contributed by atoms with Gasteiger partial charge in [0.15, 0.2) is 6.54 Å². The fourth-order valence-corrected chi connectivity index (χ4v) is 5.42. The minimum atomic E-state index is 0.0183. The van der Waals surface area contributed by atoms with Crippen LogP contribution in [0.15, 0.2) is 53.2 Å². The number of quaternary nitrogens is 1. The topological polar surface area (TPSA) is 42.8 Å². The number of ether oxygens (including phenoxy) is 1. The van der Waals surface area contributed by atoms with Crippen LogP contribution < -0.4 is 15.0 Å². The number of methoxy groups -OCH3 is 1. The lowest BCUT2D eigenvalue weighted by Crippen LogP contribution is -3.14. The largest absolute Gasteiger partial charge is 0.495 e. The molecule has 134 valence electrons. The molecule has 3 aromatic rings. The first-order chi connectivity index (χ1) is 12.8. The number of amides is 1. The van der Waals surface area contributed by atoms with Crippen molar-refractivity contribution in [3.05, 3.63) is 68.5 Å². The van der Waals surface area contributed by atoms with Crippen molar-refractivity contribution in [2.75, 3.05) is 25.5 Å². The zero-order valence-corrected chi connectivity index (χ0v) is 16.2. The van der Waals surface area contributed by atoms with Crippen molar-refractivity contribution < 1.29 is 14.4 Å². The van der Waals surface area contributed by atoms with Crippen molar-refractivity contribution in [3.8, 4) is 5.75 Å². The van der Waals surface area contributed by atoms with E-state index in [2.05, 4.69) is 34.3 Å². The molecule has 0 saturated carbocycles. The summed E-state index contributed by atoms with van der Waals surface area (Å²) in [6.07, 6.45) is 1.03. The van der Waals surface area contributed by atoms with Gasteiger partial charge in [-0.1, -0.05) is 18.2 Å². The summed E-state index contributed by atoms with van der Waals surface area (Å²) >= 11 is 3.60. The zero-order chi connectivity index (χ0) is 17.9. The maximum Gasteiger partial charge on any atom is 0.279 e. The second-order valence-corrected chi connectivity index (χ2v) is 8.31. The van der Waals surface area contributed by atoms with Gasteiger partial charge in [0.2, 0.25) is 0 Å². The summed E-state index contributed by atoms with van der Waals surface area (Å²) < 4.78 is 5.33. The van der Waals surface area contributed by atoms with E-state index in [0.717, 1.165) is 18.7 Å². The molecule has 26 heavy (non-hydrogen) atoms. The Morgan fingerprint density at radius 1 is 1.19 bits per heavy atom. The fourth-order valence-electron chi connectivity index (χ4n) is 3.60. The highest BCUT2D eigenvalue weighted by atomic mass is 32.1. The molecular weight excluding hydrogens is 364 g/mol. The molecule has 6 heteroatoms. The molecule has 1 amide bonds. The Kier molecular flexibility index (Phi) is 5.06. The number of para-hydroxylation sites is 2. The molecule has 0 spiro atoms. The third kappa shape index (κ3) is 3.40. The van der Waals surface area contributed by atoms with Crippen LogP contribution in [0.25, 0.3) is 0 Å². The highest BCUT2D eigenvalue weighted by molar-refractivity contribution is 7.10. The van der Waals surface area contributed by atoms with Gasteiger partial charge in [-0.2, -0.15) is 0 Å². The summed E-state index contributed by atoms with van der Waals surface area (Å²) in [6.45, 7) is 1.41. The molecule has 3 heterocycles. The van der Waals surface area contributed by atoms with Crippen molar-refractivity contribution >= 4 is 34.3 Å². The Labute approximate surface area is 161 Å². The Bertz CT molecular complexity index is 889. The van der Waals surface area contributed by atoms with E-state index in [1.54, 1.807) is 18.4 Å². The molecule has 0 radical (unpaired) electrons. The van der Waals surface area contributed by atoms with Crippen LogP contribution in [0.2, 0.25) is 0 Å². The SMILES string of the molecule is COc1ccccc1NC(=O)C[NH+]1CCc2sccc2[C@H]1c1cccs1. The summed E-state index contributed by atoms with van der Waals surface area (Å²) in [5.41, 5.74) is 2.10. The standard InChI is InChI=1S/C20H20N2O2S2/c1-24-16-6-3-2-5-15(16)21-19(23)13-22-10-8-17-14(9-12-26-17)20(22)18-7-4-11-25-18/h2-7,9,11-12,20H,8,10,13H2,1H3,(H,21,23)/p+1/t20-/m0/s1. The molecule has 1 aliphatic heterocycles. The smallest absolute Gasteiger partial charge is 0.279 e. The quantitative estimate of drug-likeness (QED) is 0.709. The molecule has 2 atom stereocenters. The number of anilines is 1. The van der Waals surface area contributed by atoms with E-state index in [1.165, 1.54) is 20.2 Å².